The van der Waals surface area contributed by atoms with Crippen LogP contribution in [0.3, 0.4) is 0 Å². The molecule has 1 saturated heterocycles. The van der Waals surface area contributed by atoms with Crippen LogP contribution >= 0.6 is 11.3 Å². The van der Waals surface area contributed by atoms with E-state index in [1.807, 2.05) is 0 Å². The molecular weight excluding hydrogens is 313 g/mol. The molecule has 1 aliphatic rings. The van der Waals surface area contributed by atoms with Crippen molar-refractivity contribution in [3.8, 4) is 10.6 Å². The van der Waals surface area contributed by atoms with Crippen LogP contribution in [0.4, 0.5) is 13.2 Å². The van der Waals surface area contributed by atoms with Gasteiger partial charge >= 0.3 is 0 Å². The van der Waals surface area contributed by atoms with Crippen molar-refractivity contribution in [1.29, 1.82) is 0 Å². The van der Waals surface area contributed by atoms with Gasteiger partial charge in [0.2, 0.25) is 0 Å². The van der Waals surface area contributed by atoms with Gasteiger partial charge in [0.15, 0.2) is 0 Å². The zero-order valence-electron chi connectivity index (χ0n) is 11.6. The van der Waals surface area contributed by atoms with Gasteiger partial charge in [0, 0.05) is 31.5 Å². The van der Waals surface area contributed by atoms with E-state index < -0.39 is 5.92 Å². The molecule has 1 aromatic heterocycles. The van der Waals surface area contributed by atoms with Crippen molar-refractivity contribution in [1.82, 2.24) is 9.88 Å². The summed E-state index contributed by atoms with van der Waals surface area (Å²) in [5.41, 5.74) is 0.592. The van der Waals surface area contributed by atoms with Gasteiger partial charge in [-0.05, 0) is 12.1 Å². The quantitative estimate of drug-likeness (QED) is 0.840. The molecule has 0 radical (unpaired) electrons. The van der Waals surface area contributed by atoms with Gasteiger partial charge in [-0.25, -0.2) is 18.2 Å². The first kappa shape index (κ1) is 15.0. The number of hydrogen-bond acceptors (Lipinski definition) is 3. The molecule has 1 aliphatic heterocycles. The first-order chi connectivity index (χ1) is 10.4. The Balaban J connectivity index is 1.75. The molecule has 0 aliphatic carbocycles. The lowest BCUT2D eigenvalue weighted by molar-refractivity contribution is -0.0493. The van der Waals surface area contributed by atoms with E-state index in [1.165, 1.54) is 23.2 Å². The summed E-state index contributed by atoms with van der Waals surface area (Å²) >= 11 is 1.14. The summed E-state index contributed by atoms with van der Waals surface area (Å²) in [6.45, 7) is 0.0814. The highest BCUT2D eigenvalue weighted by Crippen LogP contribution is 2.30. The molecule has 3 nitrogen and oxygen atoms in total. The van der Waals surface area contributed by atoms with Crippen molar-refractivity contribution in [3.63, 3.8) is 0 Å². The lowest BCUT2D eigenvalue weighted by Gasteiger charge is -2.31. The van der Waals surface area contributed by atoms with E-state index in [-0.39, 0.29) is 37.7 Å². The molecule has 2 aromatic rings. The van der Waals surface area contributed by atoms with E-state index in [2.05, 4.69) is 4.98 Å². The topological polar surface area (TPSA) is 33.2 Å². The van der Waals surface area contributed by atoms with Crippen LogP contribution in [0.5, 0.6) is 0 Å². The smallest absolute Gasteiger partial charge is 0.265 e. The second-order valence-electron chi connectivity index (χ2n) is 5.19. The number of thiazole rings is 1. The number of halogens is 3. The fourth-order valence-electron chi connectivity index (χ4n) is 2.32. The average molecular weight is 326 g/mol. The molecule has 7 heteroatoms. The molecule has 3 rings (SSSR count). The lowest BCUT2D eigenvalue weighted by Crippen LogP contribution is -2.42. The number of carbonyl (C=O) groups excluding carboxylic acids is 1. The molecule has 1 fully saturated rings. The van der Waals surface area contributed by atoms with E-state index in [1.54, 1.807) is 12.1 Å². The normalized spacial score (nSPS) is 17.5. The Hall–Kier alpha value is -1.89. The van der Waals surface area contributed by atoms with Gasteiger partial charge < -0.3 is 4.90 Å². The van der Waals surface area contributed by atoms with Crippen molar-refractivity contribution < 1.29 is 18.0 Å². The lowest BCUT2D eigenvalue weighted by atomic mass is 10.1. The summed E-state index contributed by atoms with van der Waals surface area (Å²) in [4.78, 5) is 18.2. The predicted molar refractivity (Wildman–Crippen MR) is 77.6 cm³/mol. The number of nitrogens with zero attached hydrogens (tertiary/aromatic N) is 2. The summed E-state index contributed by atoms with van der Waals surface area (Å²) < 4.78 is 39.5. The highest BCUT2D eigenvalue weighted by atomic mass is 32.1. The highest BCUT2D eigenvalue weighted by Gasteiger charge is 2.36. The fourth-order valence-corrected chi connectivity index (χ4v) is 3.20. The molecule has 0 spiro atoms. The Kier molecular flexibility index (Phi) is 3.90. The van der Waals surface area contributed by atoms with Gasteiger partial charge in [0.05, 0.1) is 6.20 Å². The van der Waals surface area contributed by atoms with E-state index in [9.17, 15) is 18.0 Å². The summed E-state index contributed by atoms with van der Waals surface area (Å²) in [5, 5.41) is 0.533. The summed E-state index contributed by atoms with van der Waals surface area (Å²) in [7, 11) is 0. The SMILES string of the molecule is O=C(c1cnc(-c2cccc(F)c2)s1)N1CCC(F)(F)CC1. The predicted octanol–water partition coefficient (Wildman–Crippen LogP) is 3.82. The maximum absolute atomic E-state index is 13.2. The molecule has 0 unspecified atom stereocenters. The van der Waals surface area contributed by atoms with Gasteiger partial charge in [-0.1, -0.05) is 12.1 Å². The van der Waals surface area contributed by atoms with Crippen molar-refractivity contribution >= 4 is 17.2 Å². The average Bonchev–Trinajstić information content (AvgIpc) is 2.96. The minimum absolute atomic E-state index is 0.0407. The Morgan fingerprint density at radius 3 is 2.68 bits per heavy atom. The number of likely N-dealkylation sites (tertiary alicyclic amines) is 1. The maximum Gasteiger partial charge on any atom is 0.265 e. The van der Waals surface area contributed by atoms with Crippen LogP contribution in [0.15, 0.2) is 30.5 Å². The second kappa shape index (κ2) is 5.72. The number of alkyl halides is 2. The molecule has 0 bridgehead atoms. The summed E-state index contributed by atoms with van der Waals surface area (Å²) in [6, 6.07) is 5.95. The molecule has 116 valence electrons. The third kappa shape index (κ3) is 3.14. The Labute approximate surface area is 129 Å². The fraction of sp³-hybridized carbons (Fsp3) is 0.333. The minimum atomic E-state index is -2.68. The van der Waals surface area contributed by atoms with Gasteiger partial charge in [-0.2, -0.15) is 0 Å². The number of aromatic nitrogens is 1. The van der Waals surface area contributed by atoms with Gasteiger partial charge in [-0.3, -0.25) is 4.79 Å². The first-order valence-electron chi connectivity index (χ1n) is 6.83. The largest absolute Gasteiger partial charge is 0.337 e. The zero-order valence-corrected chi connectivity index (χ0v) is 12.4. The van der Waals surface area contributed by atoms with Crippen LogP contribution in [0.1, 0.15) is 22.5 Å². The van der Waals surface area contributed by atoms with Crippen molar-refractivity contribution in [2.24, 2.45) is 0 Å². The molecule has 0 atom stereocenters. The maximum atomic E-state index is 13.2. The Morgan fingerprint density at radius 2 is 2.00 bits per heavy atom. The number of hydrogen-bond donors (Lipinski definition) is 0. The summed E-state index contributed by atoms with van der Waals surface area (Å²) in [6.07, 6.45) is 0.794. The standard InChI is InChI=1S/C15H13F3N2OS/c16-11-3-1-2-10(8-11)13-19-9-12(22-13)14(21)20-6-4-15(17,18)5-7-20/h1-3,8-9H,4-7H2. The highest BCUT2D eigenvalue weighted by molar-refractivity contribution is 7.16. The van der Waals surface area contributed by atoms with Crippen molar-refractivity contribution in [2.75, 3.05) is 13.1 Å². The van der Waals surface area contributed by atoms with Crippen LogP contribution in [0.2, 0.25) is 0 Å². The molecule has 1 aromatic carbocycles. The van der Waals surface area contributed by atoms with E-state index in [0.717, 1.165) is 11.3 Å². The number of piperidine rings is 1. The molecule has 0 N–H and O–H groups in total. The molecule has 2 heterocycles. The van der Waals surface area contributed by atoms with Crippen molar-refractivity contribution in [3.05, 3.63) is 41.2 Å². The van der Waals surface area contributed by atoms with Gasteiger partial charge in [-0.15, -0.1) is 11.3 Å². The number of amides is 1. The van der Waals surface area contributed by atoms with E-state index >= 15 is 0 Å². The molecule has 1 amide bonds. The number of rotatable bonds is 2. The van der Waals surface area contributed by atoms with Crippen molar-refractivity contribution in [2.45, 2.75) is 18.8 Å². The van der Waals surface area contributed by atoms with Crippen LogP contribution in [0, 0.1) is 5.82 Å². The third-order valence-electron chi connectivity index (χ3n) is 3.57. The van der Waals surface area contributed by atoms with Crippen LogP contribution in [-0.4, -0.2) is 34.8 Å². The third-order valence-corrected chi connectivity index (χ3v) is 4.60. The Morgan fingerprint density at radius 1 is 1.27 bits per heavy atom. The van der Waals surface area contributed by atoms with Gasteiger partial charge in [0.1, 0.15) is 15.7 Å². The second-order valence-corrected chi connectivity index (χ2v) is 6.22. The van der Waals surface area contributed by atoms with Crippen LogP contribution in [-0.2, 0) is 0 Å². The van der Waals surface area contributed by atoms with Gasteiger partial charge in [0.25, 0.3) is 11.8 Å². The monoisotopic (exact) mass is 326 g/mol. The van der Waals surface area contributed by atoms with Crippen LogP contribution in [0.25, 0.3) is 10.6 Å². The van der Waals surface area contributed by atoms with E-state index in [4.69, 9.17) is 0 Å². The number of carbonyl (C=O) groups is 1. The Bertz CT molecular complexity index is 692. The molecule has 0 saturated carbocycles. The zero-order chi connectivity index (χ0) is 15.7. The number of benzene rings is 1. The van der Waals surface area contributed by atoms with E-state index in [0.29, 0.717) is 15.4 Å². The summed E-state index contributed by atoms with van der Waals surface area (Å²) in [5.74, 6) is -3.36. The molecule has 22 heavy (non-hydrogen) atoms. The minimum Gasteiger partial charge on any atom is -0.337 e. The van der Waals surface area contributed by atoms with Crippen LogP contribution < -0.4 is 0 Å². The first-order valence-corrected chi connectivity index (χ1v) is 7.65. The molecular formula is C15H13F3N2OS.